The molecule has 0 atom stereocenters. The van der Waals surface area contributed by atoms with Gasteiger partial charge in [-0.3, -0.25) is 13.8 Å². The molecule has 4 nitrogen and oxygen atoms in total. The standard InChI is InChI=1S/FH.H2O4S.V/c;1-5(2,3)4;/h1H;(H2,1,2,3,4);. The van der Waals surface area contributed by atoms with Gasteiger partial charge in [0.15, 0.2) is 0 Å². The van der Waals surface area contributed by atoms with E-state index in [1.807, 2.05) is 0 Å². The van der Waals surface area contributed by atoms with Gasteiger partial charge in [0.2, 0.25) is 0 Å². The Morgan fingerprint density at radius 3 is 1.14 bits per heavy atom. The molecule has 7 heteroatoms. The fourth-order valence-electron chi connectivity index (χ4n) is 0. The Morgan fingerprint density at radius 2 is 1.14 bits per heavy atom. The van der Waals surface area contributed by atoms with Crippen molar-refractivity contribution in [2.45, 2.75) is 0 Å². The minimum Gasteiger partial charge on any atom is -0.269 e. The first kappa shape index (κ1) is 15.7. The Balaban J connectivity index is -0.0000000800. The Bertz CT molecular complexity index is 94.9. The summed E-state index contributed by atoms with van der Waals surface area (Å²) in [6.07, 6.45) is 0. The second kappa shape index (κ2) is 4.54. The van der Waals surface area contributed by atoms with Crippen LogP contribution in [-0.2, 0) is 29.0 Å². The average molecular weight is 169 g/mol. The summed E-state index contributed by atoms with van der Waals surface area (Å²) in [6, 6.07) is 0. The van der Waals surface area contributed by atoms with Crippen LogP contribution in [0.4, 0.5) is 4.70 Å². The maximum absolute atomic E-state index is 8.74. The van der Waals surface area contributed by atoms with Crippen LogP contribution in [0, 0.1) is 0 Å². The second-order valence-electron chi connectivity index (χ2n) is 0.448. The van der Waals surface area contributed by atoms with Gasteiger partial charge in [-0.2, -0.15) is 8.42 Å². The van der Waals surface area contributed by atoms with Gasteiger partial charge in [-0.25, -0.2) is 0 Å². The summed E-state index contributed by atoms with van der Waals surface area (Å²) < 4.78 is 31.6. The van der Waals surface area contributed by atoms with E-state index in [0.29, 0.717) is 0 Å². The summed E-state index contributed by atoms with van der Waals surface area (Å²) in [7, 11) is -4.67. The summed E-state index contributed by atoms with van der Waals surface area (Å²) in [5, 5.41) is 0. The topological polar surface area (TPSA) is 74.6 Å². The summed E-state index contributed by atoms with van der Waals surface area (Å²) in [5.41, 5.74) is 0. The quantitative estimate of drug-likeness (QED) is 0.479. The van der Waals surface area contributed by atoms with Crippen LogP contribution >= 0.6 is 0 Å². The fraction of sp³-hybridized carbons (Fsp3) is 0. The molecule has 0 heterocycles. The minimum absolute atomic E-state index is 0. The van der Waals surface area contributed by atoms with Crippen molar-refractivity contribution >= 4 is 10.4 Å². The van der Waals surface area contributed by atoms with E-state index < -0.39 is 10.4 Å². The molecule has 7 heavy (non-hydrogen) atoms. The van der Waals surface area contributed by atoms with E-state index >= 15 is 0 Å². The van der Waals surface area contributed by atoms with E-state index in [1.165, 1.54) is 0 Å². The molecule has 0 aromatic carbocycles. The van der Waals surface area contributed by atoms with Crippen LogP contribution in [0.3, 0.4) is 0 Å². The van der Waals surface area contributed by atoms with Crippen molar-refractivity contribution in [1.29, 1.82) is 0 Å². The molecule has 0 aliphatic rings. The molecule has 45 valence electrons. The van der Waals surface area contributed by atoms with E-state index in [0.717, 1.165) is 0 Å². The molecule has 0 spiro atoms. The SMILES string of the molecule is F.O=S(=O)(O)O.[V]. The third-order valence-electron chi connectivity index (χ3n) is 0. The fourth-order valence-corrected chi connectivity index (χ4v) is 0. The minimum atomic E-state index is -4.67. The van der Waals surface area contributed by atoms with Crippen molar-refractivity contribution in [3.63, 3.8) is 0 Å². The van der Waals surface area contributed by atoms with Crippen molar-refractivity contribution in [2.75, 3.05) is 0 Å². The third-order valence-corrected chi connectivity index (χ3v) is 0. The predicted molar refractivity (Wildman–Crippen MR) is 16.7 cm³/mol. The summed E-state index contributed by atoms with van der Waals surface area (Å²) >= 11 is 0. The third kappa shape index (κ3) is 831. The maximum atomic E-state index is 8.74. The molecule has 0 bridgehead atoms. The molecule has 0 unspecified atom stereocenters. The van der Waals surface area contributed by atoms with Crippen molar-refractivity contribution in [3.05, 3.63) is 0 Å². The van der Waals surface area contributed by atoms with Gasteiger partial charge in [-0.05, 0) is 0 Å². The first-order chi connectivity index (χ1) is 2.00. The molecule has 0 rings (SSSR count). The Morgan fingerprint density at radius 1 is 1.14 bits per heavy atom. The zero-order valence-corrected chi connectivity index (χ0v) is 5.19. The number of halogens is 1. The predicted octanol–water partition coefficient (Wildman–Crippen LogP) is -0.503. The van der Waals surface area contributed by atoms with Crippen LogP contribution in [0.15, 0.2) is 0 Å². The Kier molecular flexibility index (Phi) is 10.2. The molecule has 0 amide bonds. The van der Waals surface area contributed by atoms with Crippen LogP contribution in [0.1, 0.15) is 0 Å². The molecule has 2 N–H and O–H groups in total. The number of hydrogen-bond acceptors (Lipinski definition) is 2. The molecule has 1 radical (unpaired) electrons. The van der Waals surface area contributed by atoms with Crippen LogP contribution < -0.4 is 0 Å². The van der Waals surface area contributed by atoms with Gasteiger partial charge >= 0.3 is 10.4 Å². The maximum Gasteiger partial charge on any atom is 0.394 e. The first-order valence-electron chi connectivity index (χ1n) is 0.698. The largest absolute Gasteiger partial charge is 0.394 e. The van der Waals surface area contributed by atoms with Gasteiger partial charge in [0.05, 0.1) is 0 Å². The van der Waals surface area contributed by atoms with Gasteiger partial charge in [0.25, 0.3) is 0 Å². The zero-order valence-electron chi connectivity index (χ0n) is 2.97. The summed E-state index contributed by atoms with van der Waals surface area (Å²) in [5.74, 6) is 0. The van der Waals surface area contributed by atoms with Gasteiger partial charge in [0, 0.05) is 18.6 Å². The molecule has 0 aromatic rings. The summed E-state index contributed by atoms with van der Waals surface area (Å²) in [6.45, 7) is 0. The number of hydrogen-bond donors (Lipinski definition) is 2. The zero-order chi connectivity index (χ0) is 4.50. The first-order valence-corrected chi connectivity index (χ1v) is 2.10. The van der Waals surface area contributed by atoms with Crippen molar-refractivity contribution in [2.24, 2.45) is 0 Å². The van der Waals surface area contributed by atoms with Gasteiger partial charge in [-0.1, -0.05) is 0 Å². The molecule has 0 saturated carbocycles. The van der Waals surface area contributed by atoms with Crippen LogP contribution in [0.5, 0.6) is 0 Å². The van der Waals surface area contributed by atoms with E-state index in [9.17, 15) is 0 Å². The second-order valence-corrected chi connectivity index (χ2v) is 1.34. The van der Waals surface area contributed by atoms with Crippen molar-refractivity contribution in [3.8, 4) is 0 Å². The average Bonchev–Trinajstić information content (AvgIpc) is 0.722. The van der Waals surface area contributed by atoms with E-state index in [1.54, 1.807) is 0 Å². The van der Waals surface area contributed by atoms with Crippen molar-refractivity contribution < 1.29 is 40.8 Å². The molecule has 0 aliphatic carbocycles. The van der Waals surface area contributed by atoms with Crippen LogP contribution in [-0.4, -0.2) is 17.5 Å². The molecule has 0 aliphatic heterocycles. The number of rotatable bonds is 0. The molecular weight excluding hydrogens is 166 g/mol. The Hall–Kier alpha value is 0.384. The van der Waals surface area contributed by atoms with Gasteiger partial charge < -0.3 is 0 Å². The van der Waals surface area contributed by atoms with Crippen LogP contribution in [0.25, 0.3) is 0 Å². The monoisotopic (exact) mass is 169 g/mol. The van der Waals surface area contributed by atoms with E-state index in [4.69, 9.17) is 17.5 Å². The molecular formula is H3FO4SV. The van der Waals surface area contributed by atoms with E-state index in [-0.39, 0.29) is 23.3 Å². The molecule has 0 saturated heterocycles. The molecule has 0 aromatic heterocycles. The Labute approximate surface area is 51.7 Å². The molecule has 0 fully saturated rings. The van der Waals surface area contributed by atoms with Gasteiger partial charge in [0.1, 0.15) is 0 Å². The summed E-state index contributed by atoms with van der Waals surface area (Å²) in [4.78, 5) is 0. The van der Waals surface area contributed by atoms with E-state index in [2.05, 4.69) is 0 Å². The van der Waals surface area contributed by atoms with Gasteiger partial charge in [-0.15, -0.1) is 0 Å². The van der Waals surface area contributed by atoms with Crippen molar-refractivity contribution in [1.82, 2.24) is 0 Å². The normalized spacial score (nSPS) is 8.29. The van der Waals surface area contributed by atoms with Crippen LogP contribution in [0.2, 0.25) is 0 Å². The smallest absolute Gasteiger partial charge is 0.269 e.